The summed E-state index contributed by atoms with van der Waals surface area (Å²) in [5.74, 6) is 0.604. The van der Waals surface area contributed by atoms with E-state index in [1.165, 1.54) is 0 Å². The number of amides is 1. The highest BCUT2D eigenvalue weighted by molar-refractivity contribution is 5.83. The lowest BCUT2D eigenvalue weighted by atomic mass is 10.2. The second-order valence-corrected chi connectivity index (χ2v) is 5.93. The number of hydrogen-bond donors (Lipinski definition) is 1. The van der Waals surface area contributed by atoms with Crippen LogP contribution in [-0.2, 0) is 24.9 Å². The van der Waals surface area contributed by atoms with Gasteiger partial charge in [-0.25, -0.2) is 5.43 Å². The first-order chi connectivity index (χ1) is 12.7. The van der Waals surface area contributed by atoms with Crippen LogP contribution >= 0.6 is 0 Å². The van der Waals surface area contributed by atoms with E-state index in [1.807, 2.05) is 84.5 Å². The molecule has 0 saturated carbocycles. The molecule has 0 radical (unpaired) electrons. The molecular formula is C21H21N3O2. The van der Waals surface area contributed by atoms with Crippen molar-refractivity contribution in [2.45, 2.75) is 13.0 Å². The molecule has 0 saturated heterocycles. The van der Waals surface area contributed by atoms with E-state index >= 15 is 0 Å². The summed E-state index contributed by atoms with van der Waals surface area (Å²) in [5, 5.41) is 4.02. The fourth-order valence-corrected chi connectivity index (χ4v) is 2.49. The van der Waals surface area contributed by atoms with Crippen molar-refractivity contribution in [1.29, 1.82) is 0 Å². The molecule has 3 aromatic rings. The molecule has 0 unspecified atom stereocenters. The van der Waals surface area contributed by atoms with Crippen LogP contribution in [0.4, 0.5) is 0 Å². The van der Waals surface area contributed by atoms with Crippen LogP contribution in [0.5, 0.6) is 5.75 Å². The van der Waals surface area contributed by atoms with Gasteiger partial charge < -0.3 is 9.30 Å². The third-order valence-electron chi connectivity index (χ3n) is 3.90. The maximum Gasteiger partial charge on any atom is 0.245 e. The molecule has 1 aromatic heterocycles. The van der Waals surface area contributed by atoms with Crippen LogP contribution in [0.2, 0.25) is 0 Å². The standard InChI is InChI=1S/C21H21N3O2/c1-24-12-6-10-19(24)14-21(25)23-22-15-18-9-5-11-20(13-18)26-16-17-7-3-2-4-8-17/h2-13,15H,14,16H2,1H3,(H,23,25)/b22-15-. The summed E-state index contributed by atoms with van der Waals surface area (Å²) < 4.78 is 7.71. The number of rotatable bonds is 7. The van der Waals surface area contributed by atoms with Crippen LogP contribution in [0.15, 0.2) is 78.0 Å². The number of ether oxygens (including phenoxy) is 1. The molecule has 2 aromatic carbocycles. The van der Waals surface area contributed by atoms with Gasteiger partial charge in [-0.1, -0.05) is 42.5 Å². The van der Waals surface area contributed by atoms with Crippen LogP contribution in [0.1, 0.15) is 16.8 Å². The third kappa shape index (κ3) is 5.08. The van der Waals surface area contributed by atoms with Gasteiger partial charge in [-0.3, -0.25) is 4.79 Å². The molecule has 0 aliphatic carbocycles. The number of nitrogens with zero attached hydrogens (tertiary/aromatic N) is 2. The molecule has 132 valence electrons. The van der Waals surface area contributed by atoms with E-state index in [0.717, 1.165) is 22.6 Å². The number of benzene rings is 2. The fraction of sp³-hybridized carbons (Fsp3) is 0.143. The summed E-state index contributed by atoms with van der Waals surface area (Å²) in [7, 11) is 1.91. The zero-order valence-electron chi connectivity index (χ0n) is 14.6. The average molecular weight is 347 g/mol. The molecule has 0 fully saturated rings. The molecule has 5 nitrogen and oxygen atoms in total. The summed E-state index contributed by atoms with van der Waals surface area (Å²) in [6, 6.07) is 21.4. The van der Waals surface area contributed by atoms with Crippen LogP contribution in [-0.4, -0.2) is 16.7 Å². The smallest absolute Gasteiger partial charge is 0.245 e. The first-order valence-corrected chi connectivity index (χ1v) is 8.39. The lowest BCUT2D eigenvalue weighted by molar-refractivity contribution is -0.120. The Labute approximate surface area is 152 Å². The number of aryl methyl sites for hydroxylation is 1. The Morgan fingerprint density at radius 3 is 2.73 bits per heavy atom. The molecule has 1 heterocycles. The molecule has 3 rings (SSSR count). The lowest BCUT2D eigenvalue weighted by Gasteiger charge is -2.06. The predicted octanol–water partition coefficient (Wildman–Crippen LogP) is 3.30. The first-order valence-electron chi connectivity index (χ1n) is 8.39. The highest BCUT2D eigenvalue weighted by Gasteiger charge is 2.04. The zero-order chi connectivity index (χ0) is 18.2. The Hall–Kier alpha value is -3.34. The van der Waals surface area contributed by atoms with E-state index < -0.39 is 0 Å². The third-order valence-corrected chi connectivity index (χ3v) is 3.90. The molecule has 0 bridgehead atoms. The Balaban J connectivity index is 1.52. The van der Waals surface area contributed by atoms with Gasteiger partial charge in [0.15, 0.2) is 0 Å². The van der Waals surface area contributed by atoms with Crippen LogP contribution in [0.25, 0.3) is 0 Å². The molecule has 1 N–H and O–H groups in total. The zero-order valence-corrected chi connectivity index (χ0v) is 14.6. The minimum atomic E-state index is -0.153. The van der Waals surface area contributed by atoms with E-state index in [1.54, 1.807) is 6.21 Å². The van der Waals surface area contributed by atoms with Gasteiger partial charge in [0.25, 0.3) is 0 Å². The molecule has 26 heavy (non-hydrogen) atoms. The second-order valence-electron chi connectivity index (χ2n) is 5.93. The molecule has 0 aliphatic rings. The van der Waals surface area contributed by atoms with Gasteiger partial charge in [0.1, 0.15) is 12.4 Å². The number of aromatic nitrogens is 1. The summed E-state index contributed by atoms with van der Waals surface area (Å²) >= 11 is 0. The normalized spacial score (nSPS) is 10.8. The summed E-state index contributed by atoms with van der Waals surface area (Å²) in [6.07, 6.45) is 3.81. The Kier molecular flexibility index (Phi) is 5.83. The van der Waals surface area contributed by atoms with E-state index in [-0.39, 0.29) is 5.91 Å². The lowest BCUT2D eigenvalue weighted by Crippen LogP contribution is -2.20. The number of nitrogens with one attached hydrogen (secondary N) is 1. The van der Waals surface area contributed by atoms with Crippen molar-refractivity contribution in [1.82, 2.24) is 9.99 Å². The van der Waals surface area contributed by atoms with Gasteiger partial charge in [-0.2, -0.15) is 5.10 Å². The molecule has 1 amide bonds. The van der Waals surface area contributed by atoms with Crippen molar-refractivity contribution < 1.29 is 9.53 Å². The van der Waals surface area contributed by atoms with Crippen LogP contribution < -0.4 is 10.2 Å². The predicted molar refractivity (Wildman–Crippen MR) is 102 cm³/mol. The second kappa shape index (κ2) is 8.67. The molecule has 0 aliphatic heterocycles. The molecule has 0 spiro atoms. The summed E-state index contributed by atoms with van der Waals surface area (Å²) in [5.41, 5.74) is 5.46. The summed E-state index contributed by atoms with van der Waals surface area (Å²) in [4.78, 5) is 11.9. The minimum absolute atomic E-state index is 0.153. The number of carbonyl (C=O) groups excluding carboxylic acids is 1. The van der Waals surface area contributed by atoms with Gasteiger partial charge in [0, 0.05) is 18.9 Å². The largest absolute Gasteiger partial charge is 0.489 e. The van der Waals surface area contributed by atoms with Crippen molar-refractivity contribution >= 4 is 12.1 Å². The van der Waals surface area contributed by atoms with Crippen molar-refractivity contribution in [3.8, 4) is 5.75 Å². The maximum atomic E-state index is 11.9. The molecular weight excluding hydrogens is 326 g/mol. The van der Waals surface area contributed by atoms with E-state index in [9.17, 15) is 4.79 Å². The van der Waals surface area contributed by atoms with E-state index in [4.69, 9.17) is 4.74 Å². The van der Waals surface area contributed by atoms with E-state index in [0.29, 0.717) is 13.0 Å². The minimum Gasteiger partial charge on any atom is -0.489 e. The van der Waals surface area contributed by atoms with Crippen molar-refractivity contribution in [2.75, 3.05) is 0 Å². The number of carbonyl (C=O) groups is 1. The van der Waals surface area contributed by atoms with Crippen molar-refractivity contribution in [2.24, 2.45) is 12.1 Å². The van der Waals surface area contributed by atoms with Gasteiger partial charge >= 0.3 is 0 Å². The van der Waals surface area contributed by atoms with E-state index in [2.05, 4.69) is 10.5 Å². The Morgan fingerprint density at radius 2 is 1.96 bits per heavy atom. The van der Waals surface area contributed by atoms with Crippen LogP contribution in [0.3, 0.4) is 0 Å². The molecule has 5 heteroatoms. The van der Waals surface area contributed by atoms with Gasteiger partial charge in [0.05, 0.1) is 12.6 Å². The van der Waals surface area contributed by atoms with Gasteiger partial charge in [-0.05, 0) is 35.4 Å². The number of hydrazone groups is 1. The van der Waals surface area contributed by atoms with Crippen LogP contribution in [0, 0.1) is 0 Å². The molecule has 0 atom stereocenters. The maximum absolute atomic E-state index is 11.9. The quantitative estimate of drug-likeness (QED) is 0.527. The SMILES string of the molecule is Cn1cccc1CC(=O)N/N=C\c1cccc(OCc2ccccc2)c1. The van der Waals surface area contributed by atoms with Gasteiger partial charge in [-0.15, -0.1) is 0 Å². The van der Waals surface area contributed by atoms with Crippen molar-refractivity contribution in [3.05, 3.63) is 89.7 Å². The van der Waals surface area contributed by atoms with Crippen molar-refractivity contribution in [3.63, 3.8) is 0 Å². The number of hydrogen-bond acceptors (Lipinski definition) is 3. The highest BCUT2D eigenvalue weighted by atomic mass is 16.5. The Bertz CT molecular complexity index is 885. The summed E-state index contributed by atoms with van der Waals surface area (Å²) in [6.45, 7) is 0.509. The van der Waals surface area contributed by atoms with Gasteiger partial charge in [0.2, 0.25) is 5.91 Å². The fourth-order valence-electron chi connectivity index (χ4n) is 2.49. The Morgan fingerprint density at radius 1 is 1.12 bits per heavy atom. The first kappa shape index (κ1) is 17.5. The monoisotopic (exact) mass is 347 g/mol. The topological polar surface area (TPSA) is 55.6 Å². The average Bonchev–Trinajstić information content (AvgIpc) is 3.06. The highest BCUT2D eigenvalue weighted by Crippen LogP contribution is 2.14.